The van der Waals surface area contributed by atoms with Crippen molar-refractivity contribution in [1.82, 2.24) is 0 Å². The molecule has 0 atom stereocenters. The molecule has 1 heterocycles. The summed E-state index contributed by atoms with van der Waals surface area (Å²) in [6.45, 7) is 1.99. The molecular weight excluding hydrogens is 408 g/mol. The van der Waals surface area contributed by atoms with Crippen LogP contribution in [-0.4, -0.2) is 27.4 Å². The average molecular weight is 435 g/mol. The molecule has 0 bridgehead atoms. The van der Waals surface area contributed by atoms with Crippen molar-refractivity contribution in [3.63, 3.8) is 0 Å². The third kappa shape index (κ3) is 5.14. The lowest BCUT2D eigenvalue weighted by atomic mass is 10.1. The Labute approximate surface area is 183 Å². The van der Waals surface area contributed by atoms with E-state index >= 15 is 0 Å². The molecule has 0 spiro atoms. The Bertz CT molecular complexity index is 1140. The number of para-hydroxylation sites is 2. The summed E-state index contributed by atoms with van der Waals surface area (Å²) in [7, 11) is -3.42. The molecule has 3 aromatic rings. The minimum Gasteiger partial charge on any atom is -0.370 e. The summed E-state index contributed by atoms with van der Waals surface area (Å²) >= 11 is 0. The van der Waals surface area contributed by atoms with E-state index in [1.807, 2.05) is 24.3 Å². The van der Waals surface area contributed by atoms with Crippen LogP contribution >= 0.6 is 0 Å². The summed E-state index contributed by atoms with van der Waals surface area (Å²) in [6.07, 6.45) is 3.57. The van der Waals surface area contributed by atoms with Crippen LogP contribution in [0.5, 0.6) is 0 Å². The third-order valence-electron chi connectivity index (χ3n) is 5.52. The van der Waals surface area contributed by atoms with Crippen LogP contribution < -0.4 is 10.2 Å². The van der Waals surface area contributed by atoms with E-state index in [9.17, 15) is 13.2 Å². The topological polar surface area (TPSA) is 66.5 Å². The number of nitrogens with one attached hydrogen (secondary N) is 1. The molecule has 0 aliphatic carbocycles. The second kappa shape index (κ2) is 9.35. The monoisotopic (exact) mass is 434 g/mol. The highest BCUT2D eigenvalue weighted by atomic mass is 32.2. The molecule has 1 amide bonds. The number of rotatable bonds is 6. The molecule has 4 rings (SSSR count). The van der Waals surface area contributed by atoms with Crippen LogP contribution in [0.1, 0.15) is 35.2 Å². The van der Waals surface area contributed by atoms with Gasteiger partial charge in [0, 0.05) is 18.7 Å². The summed E-state index contributed by atoms with van der Waals surface area (Å²) in [6, 6.07) is 23.0. The highest BCUT2D eigenvalue weighted by molar-refractivity contribution is 7.90. The molecule has 0 radical (unpaired) electrons. The van der Waals surface area contributed by atoms with Gasteiger partial charge in [0.1, 0.15) is 0 Å². The molecule has 1 saturated heterocycles. The number of sulfone groups is 1. The maximum atomic E-state index is 12.8. The fraction of sp³-hybridized carbons (Fsp3) is 0.240. The minimum atomic E-state index is -3.42. The van der Waals surface area contributed by atoms with Gasteiger partial charge in [-0.15, -0.1) is 0 Å². The van der Waals surface area contributed by atoms with E-state index in [2.05, 4.69) is 10.2 Å². The van der Waals surface area contributed by atoms with Gasteiger partial charge in [0.05, 0.1) is 22.0 Å². The van der Waals surface area contributed by atoms with Crippen LogP contribution in [0.2, 0.25) is 0 Å². The number of carbonyl (C=O) groups is 1. The quantitative estimate of drug-likeness (QED) is 0.599. The molecule has 0 aromatic heterocycles. The van der Waals surface area contributed by atoms with Crippen molar-refractivity contribution in [3.05, 3.63) is 90.0 Å². The highest BCUT2D eigenvalue weighted by Crippen LogP contribution is 2.28. The number of benzene rings is 3. The van der Waals surface area contributed by atoms with Crippen molar-refractivity contribution < 1.29 is 13.2 Å². The lowest BCUT2D eigenvalue weighted by molar-refractivity contribution is 0.102. The van der Waals surface area contributed by atoms with Crippen LogP contribution in [0.15, 0.2) is 83.8 Å². The van der Waals surface area contributed by atoms with Gasteiger partial charge in [-0.3, -0.25) is 4.79 Å². The molecule has 6 heteroatoms. The summed E-state index contributed by atoms with van der Waals surface area (Å²) in [5.74, 6) is -0.307. The van der Waals surface area contributed by atoms with Gasteiger partial charge in [-0.05, 0) is 61.2 Å². The number of piperidine rings is 1. The molecule has 5 nitrogen and oxygen atoms in total. The smallest absolute Gasteiger partial charge is 0.255 e. The highest BCUT2D eigenvalue weighted by Gasteiger charge is 2.17. The van der Waals surface area contributed by atoms with Gasteiger partial charge in [0.15, 0.2) is 9.84 Å². The molecule has 3 aromatic carbocycles. The van der Waals surface area contributed by atoms with Gasteiger partial charge in [-0.2, -0.15) is 0 Å². The van der Waals surface area contributed by atoms with Crippen molar-refractivity contribution in [3.8, 4) is 0 Å². The van der Waals surface area contributed by atoms with E-state index in [0.717, 1.165) is 37.3 Å². The Morgan fingerprint density at radius 1 is 0.806 bits per heavy atom. The first-order valence-corrected chi connectivity index (χ1v) is 12.2. The van der Waals surface area contributed by atoms with E-state index in [4.69, 9.17) is 0 Å². The summed E-state index contributed by atoms with van der Waals surface area (Å²) < 4.78 is 25.1. The zero-order chi connectivity index (χ0) is 21.7. The first-order chi connectivity index (χ1) is 15.0. The largest absolute Gasteiger partial charge is 0.370 e. The maximum Gasteiger partial charge on any atom is 0.255 e. The van der Waals surface area contributed by atoms with Gasteiger partial charge in [-0.25, -0.2) is 8.42 Å². The third-order valence-corrected chi connectivity index (χ3v) is 7.23. The normalized spacial score (nSPS) is 14.3. The molecular formula is C25H26N2O3S. The van der Waals surface area contributed by atoms with E-state index in [1.165, 1.54) is 6.42 Å². The maximum absolute atomic E-state index is 12.8. The number of carbonyl (C=O) groups excluding carboxylic acids is 1. The van der Waals surface area contributed by atoms with E-state index in [1.54, 1.807) is 54.6 Å². The Morgan fingerprint density at radius 2 is 1.45 bits per heavy atom. The van der Waals surface area contributed by atoms with Crippen molar-refractivity contribution in [2.24, 2.45) is 0 Å². The second-order valence-corrected chi connectivity index (χ2v) is 9.78. The Kier molecular flexibility index (Phi) is 6.37. The summed E-state index contributed by atoms with van der Waals surface area (Å²) in [5, 5.41) is 3.02. The molecule has 0 unspecified atom stereocenters. The standard InChI is InChI=1S/C25H26N2O3S/c28-25(26-23-11-5-6-12-24(23)27-17-7-2-8-18-27)21-15-13-20(14-16-21)19-31(29,30)22-9-3-1-4-10-22/h1,3-6,9-16H,2,7-8,17-19H2,(H,26,28). The van der Waals surface area contributed by atoms with Crippen LogP contribution in [-0.2, 0) is 15.6 Å². The lowest BCUT2D eigenvalue weighted by Crippen LogP contribution is -2.30. The molecule has 160 valence electrons. The van der Waals surface area contributed by atoms with E-state index in [0.29, 0.717) is 16.0 Å². The first kappa shape index (κ1) is 21.1. The summed E-state index contributed by atoms with van der Waals surface area (Å²) in [4.78, 5) is 15.4. The van der Waals surface area contributed by atoms with Gasteiger partial charge in [0.25, 0.3) is 5.91 Å². The zero-order valence-electron chi connectivity index (χ0n) is 17.3. The number of amides is 1. The van der Waals surface area contributed by atoms with Crippen LogP contribution in [0, 0.1) is 0 Å². The van der Waals surface area contributed by atoms with Crippen molar-refractivity contribution in [2.75, 3.05) is 23.3 Å². The van der Waals surface area contributed by atoms with Gasteiger partial charge in [-0.1, -0.05) is 42.5 Å². The Hall–Kier alpha value is -3.12. The predicted octanol–water partition coefficient (Wildman–Crippen LogP) is 4.90. The van der Waals surface area contributed by atoms with Crippen LogP contribution in [0.3, 0.4) is 0 Å². The molecule has 1 aliphatic rings. The number of nitrogens with zero attached hydrogens (tertiary/aromatic N) is 1. The van der Waals surface area contributed by atoms with Crippen molar-refractivity contribution >= 4 is 27.1 Å². The van der Waals surface area contributed by atoms with E-state index < -0.39 is 9.84 Å². The van der Waals surface area contributed by atoms with Crippen LogP contribution in [0.25, 0.3) is 0 Å². The molecule has 0 saturated carbocycles. The molecule has 31 heavy (non-hydrogen) atoms. The second-order valence-electron chi connectivity index (χ2n) is 7.79. The van der Waals surface area contributed by atoms with Crippen molar-refractivity contribution in [2.45, 2.75) is 29.9 Å². The molecule has 1 fully saturated rings. The fourth-order valence-corrected chi connectivity index (χ4v) is 5.24. The van der Waals surface area contributed by atoms with Crippen LogP contribution in [0.4, 0.5) is 11.4 Å². The van der Waals surface area contributed by atoms with Gasteiger partial charge in [0.2, 0.25) is 0 Å². The Balaban J connectivity index is 1.46. The summed E-state index contributed by atoms with van der Waals surface area (Å²) in [5.41, 5.74) is 2.98. The molecule has 1 N–H and O–H groups in total. The number of hydrogen-bond acceptors (Lipinski definition) is 4. The average Bonchev–Trinajstić information content (AvgIpc) is 2.81. The predicted molar refractivity (Wildman–Crippen MR) is 124 cm³/mol. The Morgan fingerprint density at radius 3 is 2.16 bits per heavy atom. The fourth-order valence-electron chi connectivity index (χ4n) is 3.87. The number of anilines is 2. The first-order valence-electron chi connectivity index (χ1n) is 10.5. The van der Waals surface area contributed by atoms with Gasteiger partial charge < -0.3 is 10.2 Å². The van der Waals surface area contributed by atoms with Gasteiger partial charge >= 0.3 is 0 Å². The number of hydrogen-bond donors (Lipinski definition) is 1. The SMILES string of the molecule is O=C(Nc1ccccc1N1CCCCC1)c1ccc(CS(=O)(=O)c2ccccc2)cc1. The zero-order valence-corrected chi connectivity index (χ0v) is 18.1. The lowest BCUT2D eigenvalue weighted by Gasteiger charge is -2.30. The van der Waals surface area contributed by atoms with Crippen molar-refractivity contribution in [1.29, 1.82) is 0 Å². The minimum absolute atomic E-state index is 0.100. The molecule has 1 aliphatic heterocycles. The van der Waals surface area contributed by atoms with E-state index in [-0.39, 0.29) is 11.7 Å².